The van der Waals surface area contributed by atoms with Crippen LogP contribution in [0, 0.1) is 0 Å². The van der Waals surface area contributed by atoms with Gasteiger partial charge in [0.1, 0.15) is 0 Å². The van der Waals surface area contributed by atoms with Crippen LogP contribution in [0.4, 0.5) is 25.8 Å². The normalized spacial score (nSPS) is 17.1. The Morgan fingerprint density at radius 2 is 1.69 bits per heavy atom. The van der Waals surface area contributed by atoms with Crippen molar-refractivity contribution in [1.29, 1.82) is 0 Å². The molecule has 3 N–H and O–H groups in total. The highest BCUT2D eigenvalue weighted by atomic mass is 32.2. The van der Waals surface area contributed by atoms with E-state index in [0.29, 0.717) is 22.7 Å². The minimum atomic E-state index is -3.75. The van der Waals surface area contributed by atoms with E-state index >= 15 is 0 Å². The van der Waals surface area contributed by atoms with E-state index in [1.807, 2.05) is 35.2 Å². The molecule has 206 valence electrons. The van der Waals surface area contributed by atoms with Crippen molar-refractivity contribution in [3.05, 3.63) is 77.9 Å². The number of aliphatic hydroxyl groups excluding tert-OH is 1. The molecule has 39 heavy (non-hydrogen) atoms. The van der Waals surface area contributed by atoms with E-state index in [0.717, 1.165) is 24.1 Å². The van der Waals surface area contributed by atoms with Gasteiger partial charge >= 0.3 is 0 Å². The van der Waals surface area contributed by atoms with Crippen molar-refractivity contribution in [1.82, 2.24) is 0 Å². The zero-order valence-electron chi connectivity index (χ0n) is 21.4. The van der Waals surface area contributed by atoms with E-state index in [1.54, 1.807) is 30.3 Å². The summed E-state index contributed by atoms with van der Waals surface area (Å²) in [5.74, 6) is -2.90. The number of anilines is 3. The van der Waals surface area contributed by atoms with E-state index in [9.17, 15) is 22.0 Å². The number of amides is 1. The molecule has 5 rings (SSSR count). The number of hydrogen-bond acceptors (Lipinski definition) is 5. The highest BCUT2D eigenvalue weighted by Crippen LogP contribution is 2.41. The first kappa shape index (κ1) is 27.1. The number of hydrogen-bond donors (Lipinski definition) is 3. The van der Waals surface area contributed by atoms with Gasteiger partial charge in [-0.3, -0.25) is 9.52 Å². The van der Waals surface area contributed by atoms with Crippen molar-refractivity contribution in [3.8, 4) is 11.1 Å². The molecule has 1 amide bonds. The number of aliphatic hydroxyl groups is 1. The van der Waals surface area contributed by atoms with Crippen molar-refractivity contribution in [2.75, 3.05) is 40.4 Å². The second-order valence-corrected chi connectivity index (χ2v) is 12.0. The number of rotatable bonds is 9. The van der Waals surface area contributed by atoms with E-state index in [1.165, 1.54) is 11.6 Å². The molecule has 3 aromatic carbocycles. The summed E-state index contributed by atoms with van der Waals surface area (Å²) < 4.78 is 54.1. The van der Waals surface area contributed by atoms with Gasteiger partial charge < -0.3 is 15.3 Å². The van der Waals surface area contributed by atoms with Crippen molar-refractivity contribution < 1.29 is 27.1 Å². The summed E-state index contributed by atoms with van der Waals surface area (Å²) in [4.78, 5) is 15.4. The number of carbonyl (C=O) groups is 1. The Labute approximate surface area is 226 Å². The Bertz CT molecular complexity index is 1450. The van der Waals surface area contributed by atoms with Crippen LogP contribution in [0.5, 0.6) is 0 Å². The third-order valence-electron chi connectivity index (χ3n) is 7.13. The van der Waals surface area contributed by atoms with Gasteiger partial charge in [0.05, 0.1) is 12.4 Å². The van der Waals surface area contributed by atoms with Crippen molar-refractivity contribution in [2.45, 2.75) is 37.5 Å². The summed E-state index contributed by atoms with van der Waals surface area (Å²) in [6.45, 7) is -0.0394. The molecule has 7 nitrogen and oxygen atoms in total. The topological polar surface area (TPSA) is 98.7 Å². The standard InChI is InChI=1S/C29H31F2N3O4S/c30-29(31)12-14-34(15-13-29)25-3-1-2-23(18-25)32-28(36)26-11-10-24(33-39(37,38)17-16-35)19-27(26)22-8-6-21(7-9-22)20-4-5-20/h1-3,6-11,18-20,33,35H,4-5,12-17H2,(H,32,36). The number of halogens is 2. The molecule has 2 aliphatic rings. The Kier molecular flexibility index (Phi) is 7.59. The van der Waals surface area contributed by atoms with Crippen LogP contribution in [-0.2, 0) is 10.0 Å². The summed E-state index contributed by atoms with van der Waals surface area (Å²) in [7, 11) is -3.75. The van der Waals surface area contributed by atoms with Gasteiger partial charge in [-0.15, -0.1) is 0 Å². The molecule has 0 spiro atoms. The summed E-state index contributed by atoms with van der Waals surface area (Å²) in [6.07, 6.45) is 1.91. The van der Waals surface area contributed by atoms with Crippen LogP contribution < -0.4 is 14.9 Å². The lowest BCUT2D eigenvalue weighted by Gasteiger charge is -2.33. The minimum Gasteiger partial charge on any atom is -0.395 e. The molecule has 1 aliphatic heterocycles. The van der Waals surface area contributed by atoms with Crippen LogP contribution >= 0.6 is 0 Å². The fourth-order valence-electron chi connectivity index (χ4n) is 4.82. The van der Waals surface area contributed by atoms with E-state index in [-0.39, 0.29) is 37.5 Å². The van der Waals surface area contributed by atoms with Crippen LogP contribution in [0.15, 0.2) is 66.7 Å². The fraction of sp³-hybridized carbons (Fsp3) is 0.345. The van der Waals surface area contributed by atoms with Crippen LogP contribution in [0.25, 0.3) is 11.1 Å². The van der Waals surface area contributed by atoms with Crippen LogP contribution in [0.1, 0.15) is 47.5 Å². The average molecular weight is 556 g/mol. The van der Waals surface area contributed by atoms with Crippen LogP contribution in [0.3, 0.4) is 0 Å². The monoisotopic (exact) mass is 555 g/mol. The first-order valence-corrected chi connectivity index (χ1v) is 14.7. The molecular weight excluding hydrogens is 524 g/mol. The Balaban J connectivity index is 1.41. The number of nitrogens with zero attached hydrogens (tertiary/aromatic N) is 1. The molecule has 2 fully saturated rings. The Hall–Kier alpha value is -3.50. The first-order chi connectivity index (χ1) is 18.6. The van der Waals surface area contributed by atoms with Gasteiger partial charge in [0, 0.05) is 48.6 Å². The summed E-state index contributed by atoms with van der Waals surface area (Å²) >= 11 is 0. The molecule has 1 saturated heterocycles. The van der Waals surface area contributed by atoms with Gasteiger partial charge in [-0.1, -0.05) is 30.3 Å². The van der Waals surface area contributed by atoms with Crippen LogP contribution in [-0.4, -0.2) is 50.8 Å². The second kappa shape index (κ2) is 10.9. The molecule has 3 aromatic rings. The second-order valence-electron chi connectivity index (χ2n) is 10.1. The van der Waals surface area contributed by atoms with Crippen molar-refractivity contribution in [3.63, 3.8) is 0 Å². The molecule has 0 bridgehead atoms. The number of alkyl halides is 2. The summed E-state index contributed by atoms with van der Waals surface area (Å²) in [6, 6.07) is 19.7. The maximum Gasteiger partial charge on any atom is 0.256 e. The average Bonchev–Trinajstić information content (AvgIpc) is 3.74. The number of piperidine rings is 1. The van der Waals surface area contributed by atoms with Crippen LogP contribution in [0.2, 0.25) is 0 Å². The molecule has 1 aliphatic carbocycles. The zero-order valence-corrected chi connectivity index (χ0v) is 22.2. The number of sulfonamides is 1. The third-order valence-corrected chi connectivity index (χ3v) is 8.40. The molecule has 1 heterocycles. The maximum absolute atomic E-state index is 13.6. The van der Waals surface area contributed by atoms with Gasteiger partial charge in [0.15, 0.2) is 0 Å². The van der Waals surface area contributed by atoms with Gasteiger partial charge in [0.25, 0.3) is 11.8 Å². The fourth-order valence-corrected chi connectivity index (χ4v) is 5.65. The maximum atomic E-state index is 13.6. The molecular formula is C29H31F2N3O4S. The molecule has 1 saturated carbocycles. The van der Waals surface area contributed by atoms with Gasteiger partial charge in [-0.25, -0.2) is 17.2 Å². The highest BCUT2D eigenvalue weighted by molar-refractivity contribution is 7.92. The number of benzene rings is 3. The van der Waals surface area contributed by atoms with Gasteiger partial charge in [0.2, 0.25) is 10.0 Å². The SMILES string of the molecule is O=C(Nc1cccc(N2CCC(F)(F)CC2)c1)c1ccc(NS(=O)(=O)CCO)cc1-c1ccc(C2CC2)cc1. The molecule has 0 atom stereocenters. The smallest absolute Gasteiger partial charge is 0.256 e. The van der Waals surface area contributed by atoms with Gasteiger partial charge in [-0.05, 0) is 71.8 Å². The van der Waals surface area contributed by atoms with Crippen molar-refractivity contribution in [2.24, 2.45) is 0 Å². The summed E-state index contributed by atoms with van der Waals surface area (Å²) in [5.41, 5.74) is 4.46. The Morgan fingerprint density at radius 1 is 0.974 bits per heavy atom. The zero-order chi connectivity index (χ0) is 27.6. The van der Waals surface area contributed by atoms with E-state index < -0.39 is 28.3 Å². The molecule has 0 aromatic heterocycles. The number of nitrogens with one attached hydrogen (secondary N) is 2. The highest BCUT2D eigenvalue weighted by Gasteiger charge is 2.34. The van der Waals surface area contributed by atoms with E-state index in [4.69, 9.17) is 5.11 Å². The minimum absolute atomic E-state index is 0.207. The number of carbonyl (C=O) groups excluding carboxylic acids is 1. The molecule has 10 heteroatoms. The first-order valence-electron chi connectivity index (χ1n) is 13.0. The van der Waals surface area contributed by atoms with E-state index in [2.05, 4.69) is 10.0 Å². The largest absolute Gasteiger partial charge is 0.395 e. The lowest BCUT2D eigenvalue weighted by molar-refractivity contribution is -0.0220. The van der Waals surface area contributed by atoms with Gasteiger partial charge in [-0.2, -0.15) is 0 Å². The summed E-state index contributed by atoms with van der Waals surface area (Å²) in [5, 5.41) is 12.0. The molecule has 0 radical (unpaired) electrons. The Morgan fingerprint density at radius 3 is 2.36 bits per heavy atom. The molecule has 0 unspecified atom stereocenters. The quantitative estimate of drug-likeness (QED) is 0.326. The predicted molar refractivity (Wildman–Crippen MR) is 149 cm³/mol. The lowest BCUT2D eigenvalue weighted by Crippen LogP contribution is -2.39. The predicted octanol–water partition coefficient (Wildman–Crippen LogP) is 5.45. The third kappa shape index (κ3) is 6.75. The van der Waals surface area contributed by atoms with Crippen molar-refractivity contribution >= 4 is 33.0 Å². The lowest BCUT2D eigenvalue weighted by atomic mass is 9.96.